The topological polar surface area (TPSA) is 139 Å². The first kappa shape index (κ1) is 27.4. The van der Waals surface area contributed by atoms with Crippen molar-refractivity contribution in [2.75, 3.05) is 81.7 Å². The van der Waals surface area contributed by atoms with Crippen molar-refractivity contribution >= 4 is 39.8 Å². The summed E-state index contributed by atoms with van der Waals surface area (Å²) in [6.45, 7) is 4.70. The van der Waals surface area contributed by atoms with E-state index in [0.717, 1.165) is 59.1 Å². The predicted molar refractivity (Wildman–Crippen MR) is 161 cm³/mol. The predicted octanol–water partition coefficient (Wildman–Crippen LogP) is 1.97. The lowest BCUT2D eigenvalue weighted by Crippen LogP contribution is -2.55. The lowest BCUT2D eigenvalue weighted by atomic mass is 10.0. The van der Waals surface area contributed by atoms with Gasteiger partial charge in [0.15, 0.2) is 5.82 Å². The second-order valence-corrected chi connectivity index (χ2v) is 10.7. The molecule has 0 unspecified atom stereocenters. The number of hydrogen-bond acceptors (Lipinski definition) is 9. The summed E-state index contributed by atoms with van der Waals surface area (Å²) in [6, 6.07) is 13.6. The lowest BCUT2D eigenvalue weighted by Gasteiger charge is -2.39. The van der Waals surface area contributed by atoms with Crippen molar-refractivity contribution in [1.82, 2.24) is 9.61 Å². The third kappa shape index (κ3) is 5.86. The van der Waals surface area contributed by atoms with E-state index < -0.39 is 0 Å². The van der Waals surface area contributed by atoms with Gasteiger partial charge in [0.2, 0.25) is 0 Å². The summed E-state index contributed by atoms with van der Waals surface area (Å²) in [5.74, 6) is 0.834. The highest BCUT2D eigenvalue weighted by Crippen LogP contribution is 2.34. The highest BCUT2D eigenvalue weighted by atomic mass is 16.3. The summed E-state index contributed by atoms with van der Waals surface area (Å²) in [4.78, 5) is 9.24. The van der Waals surface area contributed by atoms with Crippen molar-refractivity contribution in [3.05, 3.63) is 72.2 Å². The van der Waals surface area contributed by atoms with E-state index in [0.29, 0.717) is 30.2 Å². The van der Waals surface area contributed by atoms with Crippen molar-refractivity contribution in [3.8, 4) is 0 Å². The summed E-state index contributed by atoms with van der Waals surface area (Å²) in [5, 5.41) is 35.4. The molecule has 0 bridgehead atoms. The molecule has 3 aromatic rings. The zero-order valence-corrected chi connectivity index (χ0v) is 23.1. The minimum absolute atomic E-state index is 0.00327. The molecule has 0 radical (unpaired) electrons. The normalized spacial score (nSPS) is 18.1. The molecule has 2 aliphatic rings. The number of nitrogens with zero attached hydrogens (tertiary/aromatic N) is 6. The number of aliphatic imine (C=N–C) groups is 1. The second kappa shape index (κ2) is 11.5. The van der Waals surface area contributed by atoms with E-state index in [2.05, 4.69) is 24.3 Å². The first-order valence-corrected chi connectivity index (χ1v) is 13.5. The Morgan fingerprint density at radius 3 is 2.42 bits per heavy atom. The summed E-state index contributed by atoms with van der Waals surface area (Å²) < 4.78 is 2.83. The Bertz CT molecular complexity index is 1450. The van der Waals surface area contributed by atoms with Gasteiger partial charge in [0.25, 0.3) is 0 Å². The van der Waals surface area contributed by atoms with Crippen molar-refractivity contribution in [1.29, 1.82) is 5.41 Å². The summed E-state index contributed by atoms with van der Waals surface area (Å²) in [7, 11) is 4.50. The van der Waals surface area contributed by atoms with Gasteiger partial charge in [-0.15, -0.1) is 5.10 Å². The molecule has 1 saturated heterocycles. The SMILES string of the molecule is C[N+]1(C)CCN(c2nn3ccccc3c2/N=C2/C=C(Nc3ccc(N(CCO)CCO)cc3)C(=N)C=C2N)CC1. The molecule has 1 aliphatic carbocycles. The van der Waals surface area contributed by atoms with Crippen LogP contribution in [0, 0.1) is 5.41 Å². The maximum atomic E-state index is 9.33. The molecule has 3 heterocycles. The Labute approximate surface area is 234 Å². The van der Waals surface area contributed by atoms with Gasteiger partial charge in [-0.1, -0.05) is 6.07 Å². The molecule has 1 aliphatic heterocycles. The molecule has 210 valence electrons. The number of aliphatic hydroxyl groups is 2. The fourth-order valence-corrected chi connectivity index (χ4v) is 4.96. The number of quaternary nitrogens is 1. The molecule has 6 N–H and O–H groups in total. The Morgan fingerprint density at radius 1 is 1.05 bits per heavy atom. The third-order valence-corrected chi connectivity index (χ3v) is 7.40. The highest BCUT2D eigenvalue weighted by Gasteiger charge is 2.28. The number of hydrogen-bond donors (Lipinski definition) is 5. The number of pyridine rings is 1. The van der Waals surface area contributed by atoms with Gasteiger partial charge >= 0.3 is 0 Å². The number of aromatic nitrogens is 2. The van der Waals surface area contributed by atoms with Gasteiger partial charge in [-0.05, 0) is 48.6 Å². The van der Waals surface area contributed by atoms with Crippen LogP contribution in [0.2, 0.25) is 0 Å². The van der Waals surface area contributed by atoms with Crippen LogP contribution in [0.25, 0.3) is 5.52 Å². The van der Waals surface area contributed by atoms with E-state index in [1.165, 1.54) is 0 Å². The number of fused-ring (bicyclic) bond motifs is 1. The van der Waals surface area contributed by atoms with E-state index in [-0.39, 0.29) is 18.9 Å². The second-order valence-electron chi connectivity index (χ2n) is 10.7. The number of piperazine rings is 1. The van der Waals surface area contributed by atoms with Crippen LogP contribution in [-0.2, 0) is 0 Å². The fourth-order valence-electron chi connectivity index (χ4n) is 4.96. The molecule has 40 heavy (non-hydrogen) atoms. The zero-order chi connectivity index (χ0) is 28.3. The van der Waals surface area contributed by atoms with Gasteiger partial charge in [0.05, 0.1) is 81.8 Å². The molecule has 2 aromatic heterocycles. The van der Waals surface area contributed by atoms with E-state index in [1.54, 1.807) is 6.08 Å². The first-order chi connectivity index (χ1) is 19.3. The maximum absolute atomic E-state index is 9.33. The molecule has 0 atom stereocenters. The molecule has 11 heteroatoms. The Morgan fingerprint density at radius 2 is 1.75 bits per heavy atom. The number of aliphatic hydroxyl groups excluding tert-OH is 2. The first-order valence-electron chi connectivity index (χ1n) is 13.5. The molecule has 0 spiro atoms. The minimum Gasteiger partial charge on any atom is -0.397 e. The van der Waals surface area contributed by atoms with Crippen molar-refractivity contribution in [3.63, 3.8) is 0 Å². The minimum atomic E-state index is 0.00327. The van der Waals surface area contributed by atoms with Crippen LogP contribution in [0.1, 0.15) is 0 Å². The highest BCUT2D eigenvalue weighted by molar-refractivity contribution is 6.24. The number of nitrogens with one attached hydrogen (secondary N) is 2. The van der Waals surface area contributed by atoms with Gasteiger partial charge < -0.3 is 35.5 Å². The third-order valence-electron chi connectivity index (χ3n) is 7.40. The van der Waals surface area contributed by atoms with Gasteiger partial charge in [-0.3, -0.25) is 5.41 Å². The number of rotatable bonds is 9. The average molecular weight is 545 g/mol. The molecule has 0 amide bonds. The Hall–Kier alpha value is -4.19. The molecule has 1 fully saturated rings. The van der Waals surface area contributed by atoms with E-state index in [1.807, 2.05) is 64.2 Å². The molecule has 5 rings (SSSR count). The van der Waals surface area contributed by atoms with Gasteiger partial charge in [-0.25, -0.2) is 9.51 Å². The van der Waals surface area contributed by atoms with Crippen molar-refractivity contribution in [2.45, 2.75) is 0 Å². The molecule has 0 saturated carbocycles. The number of likely N-dealkylation sites (N-methyl/N-ethyl adjacent to an activating group) is 1. The van der Waals surface area contributed by atoms with Crippen LogP contribution < -0.4 is 20.9 Å². The van der Waals surface area contributed by atoms with Crippen molar-refractivity contribution in [2.24, 2.45) is 10.7 Å². The number of benzene rings is 1. The quantitative estimate of drug-likeness (QED) is 0.205. The molecular formula is C29H38N9O2+. The number of allylic oxidation sites excluding steroid dienone is 2. The monoisotopic (exact) mass is 544 g/mol. The van der Waals surface area contributed by atoms with Crippen LogP contribution in [0.5, 0.6) is 0 Å². The van der Waals surface area contributed by atoms with Crippen LogP contribution in [0.3, 0.4) is 0 Å². The summed E-state index contributed by atoms with van der Waals surface area (Å²) in [6.07, 6.45) is 5.35. The zero-order valence-electron chi connectivity index (χ0n) is 23.1. The van der Waals surface area contributed by atoms with Crippen LogP contribution in [0.15, 0.2) is 77.2 Å². The largest absolute Gasteiger partial charge is 0.397 e. The smallest absolute Gasteiger partial charge is 0.178 e. The van der Waals surface area contributed by atoms with Crippen LogP contribution >= 0.6 is 0 Å². The van der Waals surface area contributed by atoms with Gasteiger partial charge in [0, 0.05) is 30.7 Å². The Balaban J connectivity index is 1.45. The van der Waals surface area contributed by atoms with Gasteiger partial charge in [-0.2, -0.15) is 0 Å². The van der Waals surface area contributed by atoms with E-state index in [4.69, 9.17) is 21.2 Å². The average Bonchev–Trinajstić information content (AvgIpc) is 3.30. The standard InChI is InChI=1S/C29H38N9O2/c1-38(2)15-11-36(12-16-38)29-28(27-5-3-4-10-37(27)34-29)33-26-20-25(23(30)19-24(26)31)32-21-6-8-22(9-7-21)35(13-17-39)14-18-40/h3-10,19-20,30,32,39-40H,11-18,31H2,1-2H3/q+1/b30-23?,33-26-. The molecule has 1 aromatic carbocycles. The van der Waals surface area contributed by atoms with E-state index >= 15 is 0 Å². The van der Waals surface area contributed by atoms with Gasteiger partial charge in [0.1, 0.15) is 5.69 Å². The van der Waals surface area contributed by atoms with E-state index in [9.17, 15) is 10.2 Å². The summed E-state index contributed by atoms with van der Waals surface area (Å²) in [5.41, 5.74) is 11.6. The fraction of sp³-hybridized carbons (Fsp3) is 0.345. The summed E-state index contributed by atoms with van der Waals surface area (Å²) >= 11 is 0. The lowest BCUT2D eigenvalue weighted by molar-refractivity contribution is -0.890. The number of nitrogens with two attached hydrogens (primary N) is 1. The van der Waals surface area contributed by atoms with Crippen LogP contribution in [0.4, 0.5) is 22.9 Å². The molecule has 11 nitrogen and oxygen atoms in total. The van der Waals surface area contributed by atoms with Crippen LogP contribution in [-0.4, -0.2) is 102 Å². The van der Waals surface area contributed by atoms with Crippen molar-refractivity contribution < 1.29 is 14.7 Å². The Kier molecular flexibility index (Phi) is 7.88. The molecular weight excluding hydrogens is 506 g/mol. The number of anilines is 3. The maximum Gasteiger partial charge on any atom is 0.178 e.